The molecule has 0 bridgehead atoms. The highest BCUT2D eigenvalue weighted by Crippen LogP contribution is 2.32. The first-order chi connectivity index (χ1) is 9.79. The number of benzene rings is 1. The summed E-state index contributed by atoms with van der Waals surface area (Å²) in [5.74, 6) is 0.0389. The molecule has 0 saturated carbocycles. The molecule has 1 aliphatic heterocycles. The quantitative estimate of drug-likeness (QED) is 0.911. The monoisotopic (exact) mass is 288 g/mol. The van der Waals surface area contributed by atoms with Crippen molar-refractivity contribution in [3.63, 3.8) is 0 Å². The molecule has 1 aromatic heterocycles. The Morgan fingerprint density at radius 3 is 3.00 bits per heavy atom. The molecule has 20 heavy (non-hydrogen) atoms. The number of piperidine rings is 1. The summed E-state index contributed by atoms with van der Waals surface area (Å²) in [6.07, 6.45) is 4.71. The summed E-state index contributed by atoms with van der Waals surface area (Å²) in [5.41, 5.74) is 1.21. The van der Waals surface area contributed by atoms with Gasteiger partial charge in [-0.05, 0) is 42.8 Å². The van der Waals surface area contributed by atoms with Crippen molar-refractivity contribution in [2.24, 2.45) is 0 Å². The van der Waals surface area contributed by atoms with Gasteiger partial charge >= 0.3 is 0 Å². The third-order valence-electron chi connectivity index (χ3n) is 3.99. The van der Waals surface area contributed by atoms with Crippen molar-refractivity contribution in [3.05, 3.63) is 34.7 Å². The van der Waals surface area contributed by atoms with Crippen molar-refractivity contribution in [1.29, 1.82) is 0 Å². The van der Waals surface area contributed by atoms with Crippen LogP contribution in [0.2, 0.25) is 0 Å². The maximum atomic E-state index is 12.1. The van der Waals surface area contributed by atoms with Crippen molar-refractivity contribution >= 4 is 27.3 Å². The van der Waals surface area contributed by atoms with Crippen LogP contribution in [0.1, 0.15) is 34.5 Å². The Kier molecular flexibility index (Phi) is 4.03. The van der Waals surface area contributed by atoms with Gasteiger partial charge in [0.15, 0.2) is 0 Å². The predicted molar refractivity (Wildman–Crippen MR) is 84.6 cm³/mol. The van der Waals surface area contributed by atoms with Crippen molar-refractivity contribution in [3.8, 4) is 0 Å². The van der Waals surface area contributed by atoms with Crippen LogP contribution >= 0.6 is 11.3 Å². The molecule has 4 heteroatoms. The minimum Gasteiger partial charge on any atom is -0.354 e. The molecule has 3 nitrogen and oxygen atoms in total. The third kappa shape index (κ3) is 2.58. The lowest BCUT2D eigenvalue weighted by Crippen LogP contribution is -2.36. The summed E-state index contributed by atoms with van der Waals surface area (Å²) in [7, 11) is 1.70. The van der Waals surface area contributed by atoms with Crippen molar-refractivity contribution in [2.45, 2.75) is 31.7 Å². The summed E-state index contributed by atoms with van der Waals surface area (Å²) in [6, 6.07) is 8.83. The zero-order valence-corrected chi connectivity index (χ0v) is 12.6. The fraction of sp³-hybridized carbons (Fsp3) is 0.438. The Balaban J connectivity index is 1.99. The van der Waals surface area contributed by atoms with Crippen LogP contribution in [0.15, 0.2) is 24.3 Å². The SMILES string of the molecule is CNC(=O)c1sc2ccccc2c1CC1CCCCN1. The first-order valence-electron chi connectivity index (χ1n) is 7.25. The molecule has 0 radical (unpaired) electrons. The van der Waals surface area contributed by atoms with Gasteiger partial charge in [0.05, 0.1) is 4.88 Å². The molecular weight excluding hydrogens is 268 g/mol. The number of rotatable bonds is 3. The zero-order chi connectivity index (χ0) is 13.9. The number of fused-ring (bicyclic) bond motifs is 1. The molecule has 2 N–H and O–H groups in total. The maximum Gasteiger partial charge on any atom is 0.261 e. The second kappa shape index (κ2) is 5.94. The lowest BCUT2D eigenvalue weighted by molar-refractivity contribution is 0.0966. The first-order valence-corrected chi connectivity index (χ1v) is 8.07. The second-order valence-corrected chi connectivity index (χ2v) is 6.39. The van der Waals surface area contributed by atoms with E-state index in [0.717, 1.165) is 17.8 Å². The molecule has 3 rings (SSSR count). The number of nitrogens with one attached hydrogen (secondary N) is 2. The number of carbonyl (C=O) groups excluding carboxylic acids is 1. The molecule has 106 valence electrons. The summed E-state index contributed by atoms with van der Waals surface area (Å²) in [4.78, 5) is 13.0. The van der Waals surface area contributed by atoms with Crippen LogP contribution in [0.4, 0.5) is 0 Å². The smallest absolute Gasteiger partial charge is 0.261 e. The second-order valence-electron chi connectivity index (χ2n) is 5.34. The van der Waals surface area contributed by atoms with Crippen LogP contribution < -0.4 is 10.6 Å². The fourth-order valence-corrected chi connectivity index (χ4v) is 4.12. The van der Waals surface area contributed by atoms with Crippen LogP contribution in [0.3, 0.4) is 0 Å². The molecular formula is C16H20N2OS. The van der Waals surface area contributed by atoms with Crippen molar-refractivity contribution in [1.82, 2.24) is 10.6 Å². The van der Waals surface area contributed by atoms with Gasteiger partial charge in [-0.2, -0.15) is 0 Å². The van der Waals surface area contributed by atoms with E-state index in [2.05, 4.69) is 28.8 Å². The van der Waals surface area contributed by atoms with Gasteiger partial charge in [-0.25, -0.2) is 0 Å². The largest absolute Gasteiger partial charge is 0.354 e. The highest BCUT2D eigenvalue weighted by atomic mass is 32.1. The topological polar surface area (TPSA) is 41.1 Å². The molecule has 1 fully saturated rings. The number of hydrogen-bond acceptors (Lipinski definition) is 3. The van der Waals surface area contributed by atoms with E-state index < -0.39 is 0 Å². The average molecular weight is 288 g/mol. The van der Waals surface area contributed by atoms with Gasteiger partial charge in [0.25, 0.3) is 5.91 Å². The summed E-state index contributed by atoms with van der Waals surface area (Å²) >= 11 is 1.61. The van der Waals surface area contributed by atoms with Gasteiger partial charge in [0.1, 0.15) is 0 Å². The van der Waals surface area contributed by atoms with E-state index in [4.69, 9.17) is 0 Å². The number of thiophene rings is 1. The third-order valence-corrected chi connectivity index (χ3v) is 5.21. The Morgan fingerprint density at radius 2 is 2.25 bits per heavy atom. The Morgan fingerprint density at radius 1 is 1.40 bits per heavy atom. The summed E-state index contributed by atoms with van der Waals surface area (Å²) in [6.45, 7) is 1.10. The van der Waals surface area contributed by atoms with Crippen molar-refractivity contribution < 1.29 is 4.79 Å². The Hall–Kier alpha value is -1.39. The Labute approximate surface area is 123 Å². The Bertz CT molecular complexity index is 614. The molecule has 1 unspecified atom stereocenters. The molecule has 0 spiro atoms. The van der Waals surface area contributed by atoms with E-state index in [-0.39, 0.29) is 5.91 Å². The normalized spacial score (nSPS) is 19.1. The summed E-state index contributed by atoms with van der Waals surface area (Å²) in [5, 5.41) is 7.59. The predicted octanol–water partition coefficient (Wildman–Crippen LogP) is 2.95. The van der Waals surface area contributed by atoms with Gasteiger partial charge < -0.3 is 10.6 Å². The number of carbonyl (C=O) groups is 1. The first kappa shape index (κ1) is 13.6. The lowest BCUT2D eigenvalue weighted by Gasteiger charge is -2.23. The van der Waals surface area contributed by atoms with Gasteiger partial charge in [0.2, 0.25) is 0 Å². The average Bonchev–Trinajstić information content (AvgIpc) is 2.86. The molecule has 2 heterocycles. The molecule has 1 saturated heterocycles. The van der Waals surface area contributed by atoms with E-state index >= 15 is 0 Å². The van der Waals surface area contributed by atoms with Crippen LogP contribution in [0.5, 0.6) is 0 Å². The summed E-state index contributed by atoms with van der Waals surface area (Å²) < 4.78 is 1.21. The van der Waals surface area contributed by atoms with Crippen molar-refractivity contribution in [2.75, 3.05) is 13.6 Å². The number of hydrogen-bond donors (Lipinski definition) is 2. The van der Waals surface area contributed by atoms with E-state index in [0.29, 0.717) is 6.04 Å². The minimum absolute atomic E-state index is 0.0389. The van der Waals surface area contributed by atoms with E-state index in [1.807, 2.05) is 6.07 Å². The molecule has 1 aliphatic rings. The zero-order valence-electron chi connectivity index (χ0n) is 11.7. The van der Waals surface area contributed by atoms with Gasteiger partial charge in [-0.15, -0.1) is 11.3 Å². The minimum atomic E-state index is 0.0389. The van der Waals surface area contributed by atoms with Crippen LogP contribution in [-0.2, 0) is 6.42 Å². The van der Waals surface area contributed by atoms with E-state index in [9.17, 15) is 4.79 Å². The highest BCUT2D eigenvalue weighted by molar-refractivity contribution is 7.21. The van der Waals surface area contributed by atoms with Crippen LogP contribution in [-0.4, -0.2) is 25.5 Å². The standard InChI is InChI=1S/C16H20N2OS/c1-17-16(19)15-13(10-11-6-4-5-9-18-11)12-7-2-3-8-14(12)20-15/h2-3,7-8,11,18H,4-6,9-10H2,1H3,(H,17,19). The van der Waals surface area contributed by atoms with Gasteiger partial charge in [-0.1, -0.05) is 24.6 Å². The maximum absolute atomic E-state index is 12.1. The molecule has 0 aliphatic carbocycles. The van der Waals surface area contributed by atoms with E-state index in [1.165, 1.54) is 34.9 Å². The number of amides is 1. The highest BCUT2D eigenvalue weighted by Gasteiger charge is 2.21. The van der Waals surface area contributed by atoms with E-state index in [1.54, 1.807) is 18.4 Å². The van der Waals surface area contributed by atoms with Crippen LogP contribution in [0, 0.1) is 0 Å². The fourth-order valence-electron chi connectivity index (χ4n) is 2.94. The van der Waals surface area contributed by atoms with Crippen LogP contribution in [0.25, 0.3) is 10.1 Å². The molecule has 1 atom stereocenters. The molecule has 1 aromatic carbocycles. The molecule has 1 amide bonds. The van der Waals surface area contributed by atoms with Gasteiger partial charge in [-0.3, -0.25) is 4.79 Å². The van der Waals surface area contributed by atoms with Gasteiger partial charge in [0, 0.05) is 17.8 Å². The molecule has 2 aromatic rings. The lowest BCUT2D eigenvalue weighted by atomic mass is 9.96.